The first-order chi connectivity index (χ1) is 31.1. The van der Waals surface area contributed by atoms with Crippen LogP contribution in [0.15, 0.2) is 205 Å². The van der Waals surface area contributed by atoms with Crippen molar-refractivity contribution in [3.05, 3.63) is 207 Å². The van der Waals surface area contributed by atoms with Crippen LogP contribution in [0.2, 0.25) is 0 Å². The van der Waals surface area contributed by atoms with Gasteiger partial charge in [-0.1, -0.05) is 116 Å². The normalized spacial score (nSPS) is 12.0. The van der Waals surface area contributed by atoms with Gasteiger partial charge >= 0.3 is 0 Å². The molecule has 0 amide bonds. The lowest BCUT2D eigenvalue weighted by Gasteiger charge is -2.13. The van der Waals surface area contributed by atoms with E-state index in [9.17, 15) is 0 Å². The van der Waals surface area contributed by atoms with E-state index in [2.05, 4.69) is 166 Å². The molecular weight excluding hydrogens is 773 g/mol. The van der Waals surface area contributed by atoms with Crippen LogP contribution < -0.4 is 0 Å². The van der Waals surface area contributed by atoms with Gasteiger partial charge < -0.3 is 19.0 Å². The molecule has 0 unspecified atom stereocenters. The number of para-hydroxylation sites is 2. The second kappa shape index (κ2) is 14.5. The summed E-state index contributed by atoms with van der Waals surface area (Å²) >= 11 is 0. The van der Waals surface area contributed by atoms with E-state index in [0.29, 0.717) is 33.5 Å². The smallest absolute Gasteiger partial charge is 0.155 e. The third-order valence-corrected chi connectivity index (χ3v) is 12.0. The number of aromatic nitrogens is 5. The highest BCUT2D eigenvalue weighted by Crippen LogP contribution is 2.39. The molecule has 0 aliphatic heterocycles. The van der Waals surface area contributed by atoms with Crippen LogP contribution in [0.1, 0.15) is 5.69 Å². The van der Waals surface area contributed by atoms with Gasteiger partial charge in [-0.15, -0.1) is 0 Å². The molecule has 6 aromatic carbocycles. The summed E-state index contributed by atoms with van der Waals surface area (Å²) in [6, 6.07) is 63.2. The number of hydrogen-bond acceptors (Lipinski definition) is 5. The average molecular weight is 809 g/mol. The number of hydrogen-bond donors (Lipinski definition) is 1. The van der Waals surface area contributed by atoms with Gasteiger partial charge in [0.15, 0.2) is 11.2 Å². The molecule has 0 saturated carbocycles. The van der Waals surface area contributed by atoms with Crippen molar-refractivity contribution in [2.24, 2.45) is 0 Å². The quantitative estimate of drug-likeness (QED) is 0.122. The van der Waals surface area contributed by atoms with Gasteiger partial charge in [0.05, 0.1) is 44.8 Å². The maximum atomic E-state index is 8.42. The van der Waals surface area contributed by atoms with Gasteiger partial charge in [-0.2, -0.15) is 0 Å². The Morgan fingerprint density at radius 3 is 1.78 bits per heavy atom. The van der Waals surface area contributed by atoms with Gasteiger partial charge in [0.25, 0.3) is 0 Å². The van der Waals surface area contributed by atoms with Crippen molar-refractivity contribution >= 4 is 83.3 Å². The first-order valence-electron chi connectivity index (χ1n) is 20.9. The molecule has 12 aromatic rings. The summed E-state index contributed by atoms with van der Waals surface area (Å²) in [5.74, 6) is 0. The number of furan rings is 1. The van der Waals surface area contributed by atoms with Crippen molar-refractivity contribution < 1.29 is 4.42 Å². The monoisotopic (exact) mass is 808 g/mol. The van der Waals surface area contributed by atoms with Crippen molar-refractivity contribution in [3.8, 4) is 39.3 Å². The molecule has 63 heavy (non-hydrogen) atoms. The highest BCUT2D eigenvalue weighted by Gasteiger charge is 2.19. The van der Waals surface area contributed by atoms with E-state index in [4.69, 9.17) is 19.8 Å². The molecule has 0 spiro atoms. The fourth-order valence-electron chi connectivity index (χ4n) is 9.11. The first kappa shape index (κ1) is 36.2. The molecule has 0 atom stereocenters. The van der Waals surface area contributed by atoms with E-state index in [1.807, 2.05) is 42.5 Å². The van der Waals surface area contributed by atoms with Crippen molar-refractivity contribution in [3.63, 3.8) is 0 Å². The average Bonchev–Trinajstić information content (AvgIpc) is 4.00. The van der Waals surface area contributed by atoms with E-state index in [-0.39, 0.29) is 0 Å². The van der Waals surface area contributed by atoms with E-state index in [1.165, 1.54) is 17.0 Å². The van der Waals surface area contributed by atoms with E-state index >= 15 is 0 Å². The Morgan fingerprint density at radius 2 is 1.08 bits per heavy atom. The zero-order valence-electron chi connectivity index (χ0n) is 33.9. The van der Waals surface area contributed by atoms with Crippen LogP contribution >= 0.6 is 0 Å². The van der Waals surface area contributed by atoms with Crippen LogP contribution in [0.4, 0.5) is 0 Å². The van der Waals surface area contributed by atoms with Gasteiger partial charge in [0.2, 0.25) is 0 Å². The number of nitrogens with one attached hydrogen (secondary N) is 1. The molecule has 7 heteroatoms. The third kappa shape index (κ3) is 5.97. The van der Waals surface area contributed by atoms with Crippen LogP contribution in [0, 0.1) is 5.41 Å². The highest BCUT2D eigenvalue weighted by molar-refractivity contribution is 6.15. The molecule has 0 aliphatic carbocycles. The Kier molecular flexibility index (Phi) is 8.33. The molecule has 0 fully saturated rings. The first-order valence-corrected chi connectivity index (χ1v) is 20.9. The predicted molar refractivity (Wildman–Crippen MR) is 259 cm³/mol. The minimum Gasteiger partial charge on any atom is -0.453 e. The number of allylic oxidation sites excluding steroid dienone is 3. The summed E-state index contributed by atoms with van der Waals surface area (Å²) in [4.78, 5) is 14.6. The molecular formula is C56H36N6O. The Labute approximate surface area is 361 Å². The van der Waals surface area contributed by atoms with Crippen molar-refractivity contribution in [1.82, 2.24) is 24.1 Å². The molecule has 0 bridgehead atoms. The second-order valence-corrected chi connectivity index (χ2v) is 15.7. The van der Waals surface area contributed by atoms with Crippen LogP contribution in [0.3, 0.4) is 0 Å². The minimum absolute atomic E-state index is 0.626. The molecule has 6 aromatic heterocycles. The number of pyridine rings is 3. The molecule has 0 radical (unpaired) electrons. The molecule has 12 rings (SSSR count). The van der Waals surface area contributed by atoms with Crippen LogP contribution in [-0.2, 0) is 0 Å². The standard InChI is InChI=1S/C56H36N6O/c1-35(29-40(34-57)46-24-27-54-56(60-46)55-53(63-54)21-12-28-58-55)61-49-19-10-8-17-42(49)44-30-38(22-25-51(44)61)39-23-26-52-45(31-39)43-18-9-11-20-50(43)62(52)41-32-47(36-13-4-2-5-14-36)59-48(33-41)37-15-6-3-7-16-37/h2-34,57H,1H2/b40-29+,57-34?. The lowest BCUT2D eigenvalue weighted by Crippen LogP contribution is -1.98. The summed E-state index contributed by atoms with van der Waals surface area (Å²) < 4.78 is 10.5. The Bertz CT molecular complexity index is 3780. The van der Waals surface area contributed by atoms with E-state index in [1.54, 1.807) is 6.20 Å². The van der Waals surface area contributed by atoms with Gasteiger partial charge in [-0.25, -0.2) is 9.97 Å². The zero-order chi connectivity index (χ0) is 42.0. The fourth-order valence-corrected chi connectivity index (χ4v) is 9.11. The Balaban J connectivity index is 0.970. The SMILES string of the molecule is C=C(/C=C(\C=N)c1ccc2oc3cccnc3c2n1)n1c2ccccc2c2cc(-c3ccc4c(c3)c3ccccc3n4-c3cc(-c4ccccc4)nc(-c4ccccc4)c3)ccc21. The number of benzene rings is 6. The van der Waals surface area contributed by atoms with Crippen molar-refractivity contribution in [2.75, 3.05) is 0 Å². The lowest BCUT2D eigenvalue weighted by atomic mass is 10.0. The lowest BCUT2D eigenvalue weighted by molar-refractivity contribution is 0.667. The van der Waals surface area contributed by atoms with Gasteiger partial charge in [0, 0.05) is 56.4 Å². The molecule has 6 heterocycles. The number of fused-ring (bicyclic) bond motifs is 9. The molecule has 0 saturated heterocycles. The summed E-state index contributed by atoms with van der Waals surface area (Å²) in [7, 11) is 0. The molecule has 1 N–H and O–H groups in total. The topological polar surface area (TPSA) is 85.5 Å². The summed E-state index contributed by atoms with van der Waals surface area (Å²) in [5.41, 5.74) is 16.3. The van der Waals surface area contributed by atoms with Crippen molar-refractivity contribution in [1.29, 1.82) is 5.41 Å². The molecule has 0 aliphatic rings. The summed E-state index contributed by atoms with van der Waals surface area (Å²) in [6.07, 6.45) is 4.99. The van der Waals surface area contributed by atoms with Crippen molar-refractivity contribution in [2.45, 2.75) is 0 Å². The van der Waals surface area contributed by atoms with Crippen LogP contribution in [-0.4, -0.2) is 30.3 Å². The Morgan fingerprint density at radius 1 is 0.508 bits per heavy atom. The zero-order valence-corrected chi connectivity index (χ0v) is 33.9. The highest BCUT2D eigenvalue weighted by atomic mass is 16.3. The second-order valence-electron chi connectivity index (χ2n) is 15.7. The maximum absolute atomic E-state index is 8.42. The maximum Gasteiger partial charge on any atom is 0.155 e. The molecule has 296 valence electrons. The van der Waals surface area contributed by atoms with Crippen LogP contribution in [0.5, 0.6) is 0 Å². The van der Waals surface area contributed by atoms with E-state index < -0.39 is 0 Å². The third-order valence-electron chi connectivity index (χ3n) is 12.0. The molecule has 7 nitrogen and oxygen atoms in total. The minimum atomic E-state index is 0.626. The number of nitrogens with zero attached hydrogens (tertiary/aromatic N) is 5. The van der Waals surface area contributed by atoms with Gasteiger partial charge in [-0.05, 0) is 90.0 Å². The fraction of sp³-hybridized carbons (Fsp3) is 0. The number of rotatable bonds is 8. The summed E-state index contributed by atoms with van der Waals surface area (Å²) in [6.45, 7) is 4.55. The predicted octanol–water partition coefficient (Wildman–Crippen LogP) is 14.2. The van der Waals surface area contributed by atoms with Gasteiger partial charge in [-0.3, -0.25) is 4.98 Å². The Hall–Kier alpha value is -8.68. The van der Waals surface area contributed by atoms with Gasteiger partial charge in [0.1, 0.15) is 11.0 Å². The van der Waals surface area contributed by atoms with E-state index in [0.717, 1.165) is 77.9 Å². The van der Waals surface area contributed by atoms with Crippen LogP contribution in [0.25, 0.3) is 116 Å². The summed E-state index contributed by atoms with van der Waals surface area (Å²) in [5, 5.41) is 13.0. The largest absolute Gasteiger partial charge is 0.453 e.